The second kappa shape index (κ2) is 12.7. The van der Waals surface area contributed by atoms with Crippen molar-refractivity contribution < 1.29 is 8.83 Å². The average molecular weight is 825 g/mol. The van der Waals surface area contributed by atoms with Gasteiger partial charge in [-0.2, -0.15) is 0 Å². The van der Waals surface area contributed by atoms with E-state index in [1.807, 2.05) is 11.3 Å². The molecule has 0 bridgehead atoms. The highest BCUT2D eigenvalue weighted by Crippen LogP contribution is 2.53. The molecule has 3 aromatic heterocycles. The van der Waals surface area contributed by atoms with Crippen molar-refractivity contribution in [2.75, 3.05) is 9.80 Å². The van der Waals surface area contributed by atoms with Crippen molar-refractivity contribution in [3.63, 3.8) is 0 Å². The van der Waals surface area contributed by atoms with Crippen molar-refractivity contribution >= 4 is 122 Å². The fourth-order valence-corrected chi connectivity index (χ4v) is 11.7. The maximum Gasteiger partial charge on any atom is 0.264 e. The third-order valence-corrected chi connectivity index (χ3v) is 14.8. The van der Waals surface area contributed by atoms with Crippen LogP contribution in [0.5, 0.6) is 0 Å². The summed E-state index contributed by atoms with van der Waals surface area (Å²) in [7, 11) is 0. The highest BCUT2D eigenvalue weighted by Gasteiger charge is 2.47. The normalized spacial score (nSPS) is 14.1. The molecule has 0 N–H and O–H groups in total. The molecule has 0 saturated carbocycles. The molecule has 0 atom stereocenters. The summed E-state index contributed by atoms with van der Waals surface area (Å²) in [6.45, 7) is 20.7. The van der Waals surface area contributed by atoms with E-state index in [0.717, 1.165) is 55.6 Å². The van der Waals surface area contributed by atoms with Gasteiger partial charge in [0.1, 0.15) is 22.3 Å². The van der Waals surface area contributed by atoms with Gasteiger partial charge in [-0.3, -0.25) is 0 Å². The number of fused-ring (bicyclic) bond motifs is 14. The molecule has 0 unspecified atom stereocenters. The topological polar surface area (TPSA) is 32.8 Å². The first-order valence-electron chi connectivity index (χ1n) is 22.0. The van der Waals surface area contributed by atoms with Gasteiger partial charge in [0.15, 0.2) is 0 Å². The molecule has 304 valence electrons. The summed E-state index contributed by atoms with van der Waals surface area (Å²) < 4.78 is 16.1. The van der Waals surface area contributed by atoms with Crippen molar-refractivity contribution in [3.05, 3.63) is 150 Å². The van der Waals surface area contributed by atoms with E-state index in [1.54, 1.807) is 0 Å². The Bertz CT molecular complexity index is 3480. The molecule has 4 nitrogen and oxygen atoms in total. The molecular weight excluding hydrogens is 776 g/mol. The number of anilines is 6. The number of hydrogen-bond acceptors (Lipinski definition) is 5. The standard InChI is InChI=1S/C56H49BN2O2S/c1-54(2,3)32-18-23-35(24-19-32)58-41-28-22-34(56(7,8)9)30-40(41)57-49-42(58)31-46-47(37-14-10-12-16-43(37)61-46)51(49)59(36-25-20-33(21-26-36)55(4,5)6)50-39-27-29-45-48(52(39)62-53(50)57)38-15-11-13-17-44(38)60-45/h10-31H,1-9H3. The van der Waals surface area contributed by atoms with Gasteiger partial charge < -0.3 is 18.6 Å². The molecule has 0 fully saturated rings. The molecule has 0 saturated heterocycles. The van der Waals surface area contributed by atoms with E-state index >= 15 is 0 Å². The fourth-order valence-electron chi connectivity index (χ4n) is 10.2. The molecule has 12 rings (SSSR count). The minimum atomic E-state index is -0.0532. The van der Waals surface area contributed by atoms with Crippen molar-refractivity contribution in [1.82, 2.24) is 0 Å². The van der Waals surface area contributed by atoms with Crippen LogP contribution in [0.4, 0.5) is 34.1 Å². The minimum absolute atomic E-state index is 0.0111. The Morgan fingerprint density at radius 1 is 0.452 bits per heavy atom. The number of benzene rings is 7. The molecule has 10 aromatic rings. The van der Waals surface area contributed by atoms with Crippen LogP contribution in [-0.4, -0.2) is 6.71 Å². The monoisotopic (exact) mass is 824 g/mol. The minimum Gasteiger partial charge on any atom is -0.456 e. The van der Waals surface area contributed by atoms with Gasteiger partial charge >= 0.3 is 0 Å². The predicted molar refractivity (Wildman–Crippen MR) is 267 cm³/mol. The quantitative estimate of drug-likeness (QED) is 0.163. The molecule has 5 heterocycles. The molecule has 0 aliphatic carbocycles. The lowest BCUT2D eigenvalue weighted by Gasteiger charge is -2.43. The Morgan fingerprint density at radius 3 is 1.61 bits per heavy atom. The number of thiophene rings is 1. The fraction of sp³-hybridized carbons (Fsp3) is 0.214. The van der Waals surface area contributed by atoms with Gasteiger partial charge in [-0.15, -0.1) is 11.3 Å². The lowest BCUT2D eigenvalue weighted by atomic mass is 9.36. The number of hydrogen-bond donors (Lipinski definition) is 0. The molecule has 6 heteroatoms. The van der Waals surface area contributed by atoms with E-state index in [9.17, 15) is 0 Å². The van der Waals surface area contributed by atoms with Crippen LogP contribution in [-0.2, 0) is 16.2 Å². The van der Waals surface area contributed by atoms with Crippen LogP contribution in [0.1, 0.15) is 79.0 Å². The highest BCUT2D eigenvalue weighted by molar-refractivity contribution is 7.34. The first kappa shape index (κ1) is 37.5. The van der Waals surface area contributed by atoms with E-state index in [4.69, 9.17) is 8.83 Å². The predicted octanol–water partition coefficient (Wildman–Crippen LogP) is 14.7. The smallest absolute Gasteiger partial charge is 0.264 e. The van der Waals surface area contributed by atoms with Gasteiger partial charge in [0.05, 0.1) is 16.8 Å². The zero-order chi connectivity index (χ0) is 42.6. The van der Waals surface area contributed by atoms with Gasteiger partial charge in [-0.05, 0) is 98.5 Å². The second-order valence-electron chi connectivity index (χ2n) is 20.6. The maximum absolute atomic E-state index is 6.96. The van der Waals surface area contributed by atoms with Crippen molar-refractivity contribution in [2.24, 2.45) is 0 Å². The van der Waals surface area contributed by atoms with Crippen LogP contribution in [0, 0.1) is 0 Å². The van der Waals surface area contributed by atoms with Gasteiger partial charge in [0.25, 0.3) is 6.71 Å². The molecule has 0 amide bonds. The molecule has 2 aliphatic rings. The zero-order valence-corrected chi connectivity index (χ0v) is 37.7. The van der Waals surface area contributed by atoms with E-state index in [2.05, 4.69) is 206 Å². The Hall–Kier alpha value is -6.24. The Balaban J connectivity index is 1.27. The molecule has 2 aliphatic heterocycles. The number of furan rings is 2. The summed E-state index contributed by atoms with van der Waals surface area (Å²) in [6.07, 6.45) is 0. The van der Waals surface area contributed by atoms with Crippen LogP contribution in [0.15, 0.2) is 142 Å². The summed E-state index contributed by atoms with van der Waals surface area (Å²) >= 11 is 1.94. The number of para-hydroxylation sites is 2. The molecule has 7 aromatic carbocycles. The first-order valence-corrected chi connectivity index (χ1v) is 22.8. The third-order valence-electron chi connectivity index (χ3n) is 13.5. The Kier molecular flexibility index (Phi) is 7.67. The Morgan fingerprint density at radius 2 is 1.00 bits per heavy atom. The van der Waals surface area contributed by atoms with E-state index in [1.165, 1.54) is 64.9 Å². The second-order valence-corrected chi connectivity index (χ2v) is 21.6. The third kappa shape index (κ3) is 5.32. The van der Waals surface area contributed by atoms with Crippen molar-refractivity contribution in [3.8, 4) is 0 Å². The van der Waals surface area contributed by atoms with Crippen LogP contribution in [0.25, 0.3) is 54.0 Å². The number of nitrogens with zero attached hydrogens (tertiary/aromatic N) is 2. The first-order chi connectivity index (χ1) is 29.6. The summed E-state index contributed by atoms with van der Waals surface area (Å²) in [4.78, 5) is 5.10. The van der Waals surface area contributed by atoms with Gasteiger partial charge in [0.2, 0.25) is 0 Å². The largest absolute Gasteiger partial charge is 0.456 e. The lowest BCUT2D eigenvalue weighted by Crippen LogP contribution is -2.60. The average Bonchev–Trinajstić information content (AvgIpc) is 3.94. The van der Waals surface area contributed by atoms with Crippen molar-refractivity contribution in [1.29, 1.82) is 0 Å². The lowest BCUT2D eigenvalue weighted by molar-refractivity contribution is 0.590. The summed E-state index contributed by atoms with van der Waals surface area (Å²) in [6, 6.07) is 49.7. The molecular formula is C56H49BN2O2S. The summed E-state index contributed by atoms with van der Waals surface area (Å²) in [5.41, 5.74) is 17.2. The van der Waals surface area contributed by atoms with Gasteiger partial charge in [-0.1, -0.05) is 135 Å². The van der Waals surface area contributed by atoms with Crippen LogP contribution in [0.3, 0.4) is 0 Å². The van der Waals surface area contributed by atoms with E-state index < -0.39 is 0 Å². The van der Waals surface area contributed by atoms with Crippen LogP contribution >= 0.6 is 11.3 Å². The number of rotatable bonds is 2. The SMILES string of the molecule is CC(C)(C)c1ccc(N2c3ccc(C(C)(C)C)cc3B3c4sc5c(ccc6oc7ccccc7c65)c4N(c4ccc(C(C)(C)C)cc4)c4c3c2cc2oc3ccccc3c42)cc1. The maximum atomic E-state index is 6.96. The van der Waals surface area contributed by atoms with Crippen LogP contribution in [0.2, 0.25) is 0 Å². The van der Waals surface area contributed by atoms with E-state index in [-0.39, 0.29) is 23.0 Å². The van der Waals surface area contributed by atoms with Gasteiger partial charge in [-0.25, -0.2) is 0 Å². The molecule has 0 spiro atoms. The van der Waals surface area contributed by atoms with Gasteiger partial charge in [0, 0.05) is 59.8 Å². The van der Waals surface area contributed by atoms with Crippen LogP contribution < -0.4 is 25.5 Å². The van der Waals surface area contributed by atoms with E-state index in [0.29, 0.717) is 0 Å². The Labute approximate surface area is 367 Å². The highest BCUT2D eigenvalue weighted by atomic mass is 32.1. The van der Waals surface area contributed by atoms with Crippen molar-refractivity contribution in [2.45, 2.75) is 78.6 Å². The summed E-state index contributed by atoms with van der Waals surface area (Å²) in [5.74, 6) is 0. The molecule has 0 radical (unpaired) electrons. The zero-order valence-electron chi connectivity index (χ0n) is 36.9. The summed E-state index contributed by atoms with van der Waals surface area (Å²) in [5, 5.41) is 5.83. The molecule has 62 heavy (non-hydrogen) atoms.